The van der Waals surface area contributed by atoms with Crippen LogP contribution in [0.5, 0.6) is 0 Å². The lowest BCUT2D eigenvalue weighted by molar-refractivity contribution is 0.586. The average molecular weight is 270 g/mol. The van der Waals surface area contributed by atoms with Gasteiger partial charge in [-0.2, -0.15) is 0 Å². The van der Waals surface area contributed by atoms with Crippen LogP contribution in [0.2, 0.25) is 5.15 Å². The zero-order chi connectivity index (χ0) is 13.3. The van der Waals surface area contributed by atoms with Gasteiger partial charge in [0.1, 0.15) is 28.4 Å². The van der Waals surface area contributed by atoms with Gasteiger partial charge >= 0.3 is 0 Å². The number of benzene rings is 1. The van der Waals surface area contributed by atoms with Crippen LogP contribution in [0.15, 0.2) is 18.2 Å². The van der Waals surface area contributed by atoms with Gasteiger partial charge in [-0.1, -0.05) is 11.6 Å². The number of anilines is 2. The van der Waals surface area contributed by atoms with E-state index in [0.29, 0.717) is 22.4 Å². The quantitative estimate of drug-likeness (QED) is 0.844. The molecule has 0 aliphatic carbocycles. The summed E-state index contributed by atoms with van der Waals surface area (Å²) in [6.07, 6.45) is 0. The number of nitrogens with zero attached hydrogens (tertiary/aromatic N) is 2. The molecule has 94 valence electrons. The predicted octanol–water partition coefficient (Wildman–Crippen LogP) is 3.77. The summed E-state index contributed by atoms with van der Waals surface area (Å²) in [5.74, 6) is -0.456. The Hall–Kier alpha value is -1.75. The summed E-state index contributed by atoms with van der Waals surface area (Å²) < 4.78 is 26.3. The van der Waals surface area contributed by atoms with E-state index >= 15 is 0 Å². The van der Waals surface area contributed by atoms with E-state index in [1.54, 1.807) is 13.8 Å². The molecule has 0 spiro atoms. The summed E-state index contributed by atoms with van der Waals surface area (Å²) in [6, 6.07) is 3.26. The summed E-state index contributed by atoms with van der Waals surface area (Å²) in [6.45, 7) is 3.39. The number of rotatable bonds is 2. The number of aryl methyl sites for hydroxylation is 1. The highest BCUT2D eigenvalue weighted by Gasteiger charge is 2.10. The lowest BCUT2D eigenvalue weighted by atomic mass is 10.2. The Kier molecular flexibility index (Phi) is 3.43. The molecule has 1 aromatic heterocycles. The van der Waals surface area contributed by atoms with Crippen molar-refractivity contribution in [3.05, 3.63) is 46.4 Å². The largest absolute Gasteiger partial charge is 0.337 e. The average Bonchev–Trinajstić information content (AvgIpc) is 2.29. The van der Waals surface area contributed by atoms with Gasteiger partial charge in [0, 0.05) is 11.6 Å². The van der Waals surface area contributed by atoms with Crippen LogP contribution in [0.1, 0.15) is 11.4 Å². The van der Waals surface area contributed by atoms with Crippen molar-refractivity contribution in [1.29, 1.82) is 0 Å². The topological polar surface area (TPSA) is 37.8 Å². The van der Waals surface area contributed by atoms with E-state index in [0.717, 1.165) is 12.1 Å². The summed E-state index contributed by atoms with van der Waals surface area (Å²) in [5, 5.41) is 3.07. The Bertz CT molecular complexity index is 602. The van der Waals surface area contributed by atoms with E-state index < -0.39 is 11.6 Å². The lowest BCUT2D eigenvalue weighted by Crippen LogP contribution is -2.02. The SMILES string of the molecule is Cc1nc(Cl)c(C)c(Nc2ccc(F)cc2F)n1. The normalized spacial score (nSPS) is 10.5. The van der Waals surface area contributed by atoms with Gasteiger partial charge < -0.3 is 5.32 Å². The van der Waals surface area contributed by atoms with E-state index in [1.165, 1.54) is 6.07 Å². The number of halogens is 3. The van der Waals surface area contributed by atoms with Crippen LogP contribution in [0.3, 0.4) is 0 Å². The highest BCUT2D eigenvalue weighted by Crippen LogP contribution is 2.25. The molecule has 0 amide bonds. The minimum Gasteiger partial charge on any atom is -0.337 e. The van der Waals surface area contributed by atoms with Crippen molar-refractivity contribution in [2.75, 3.05) is 5.32 Å². The molecule has 2 rings (SSSR count). The van der Waals surface area contributed by atoms with E-state index in [-0.39, 0.29) is 5.69 Å². The molecule has 18 heavy (non-hydrogen) atoms. The molecule has 1 aromatic carbocycles. The van der Waals surface area contributed by atoms with E-state index in [4.69, 9.17) is 11.6 Å². The number of aromatic nitrogens is 2. The van der Waals surface area contributed by atoms with Gasteiger partial charge in [-0.3, -0.25) is 0 Å². The van der Waals surface area contributed by atoms with Gasteiger partial charge in [-0.15, -0.1) is 0 Å². The molecule has 1 N–H and O–H groups in total. The van der Waals surface area contributed by atoms with Crippen LogP contribution >= 0.6 is 11.6 Å². The first-order chi connectivity index (χ1) is 8.47. The molecule has 0 fully saturated rings. The maximum Gasteiger partial charge on any atom is 0.149 e. The van der Waals surface area contributed by atoms with Crippen LogP contribution in [0.4, 0.5) is 20.3 Å². The van der Waals surface area contributed by atoms with Crippen molar-refractivity contribution in [2.45, 2.75) is 13.8 Å². The Morgan fingerprint density at radius 1 is 1.17 bits per heavy atom. The van der Waals surface area contributed by atoms with Gasteiger partial charge in [0.15, 0.2) is 0 Å². The van der Waals surface area contributed by atoms with Gasteiger partial charge in [0.05, 0.1) is 5.69 Å². The first kappa shape index (κ1) is 12.7. The minimum absolute atomic E-state index is 0.133. The molecule has 2 aromatic rings. The van der Waals surface area contributed by atoms with Crippen LogP contribution in [0, 0.1) is 25.5 Å². The Balaban J connectivity index is 2.40. The van der Waals surface area contributed by atoms with Gasteiger partial charge in [0.25, 0.3) is 0 Å². The van der Waals surface area contributed by atoms with E-state index in [9.17, 15) is 8.78 Å². The fourth-order valence-electron chi connectivity index (χ4n) is 1.43. The minimum atomic E-state index is -0.693. The summed E-state index contributed by atoms with van der Waals surface area (Å²) in [7, 11) is 0. The predicted molar refractivity (Wildman–Crippen MR) is 66.2 cm³/mol. The maximum atomic E-state index is 13.5. The molecule has 0 aliphatic rings. The number of hydrogen-bond donors (Lipinski definition) is 1. The van der Waals surface area contributed by atoms with Gasteiger partial charge in [0.2, 0.25) is 0 Å². The van der Waals surface area contributed by atoms with Gasteiger partial charge in [-0.05, 0) is 26.0 Å². The van der Waals surface area contributed by atoms with Crippen molar-refractivity contribution < 1.29 is 8.78 Å². The Morgan fingerprint density at radius 3 is 2.56 bits per heavy atom. The fraction of sp³-hybridized carbons (Fsp3) is 0.167. The molecule has 0 atom stereocenters. The standard InChI is InChI=1S/C12H10ClF2N3/c1-6-11(13)16-7(2)17-12(6)18-10-4-3-8(14)5-9(10)15/h3-5H,1-2H3,(H,16,17,18). The molecule has 3 nitrogen and oxygen atoms in total. The molecule has 6 heteroatoms. The highest BCUT2D eigenvalue weighted by molar-refractivity contribution is 6.30. The van der Waals surface area contributed by atoms with Crippen molar-refractivity contribution in [3.8, 4) is 0 Å². The molecule has 0 saturated carbocycles. The first-order valence-electron chi connectivity index (χ1n) is 5.20. The molecule has 0 bridgehead atoms. The molecule has 1 heterocycles. The fourth-order valence-corrected chi connectivity index (χ4v) is 1.65. The van der Waals surface area contributed by atoms with Crippen molar-refractivity contribution in [3.63, 3.8) is 0 Å². The lowest BCUT2D eigenvalue weighted by Gasteiger charge is -2.10. The second-order valence-electron chi connectivity index (χ2n) is 3.78. The molecule has 0 aliphatic heterocycles. The van der Waals surface area contributed by atoms with Crippen molar-refractivity contribution in [2.24, 2.45) is 0 Å². The van der Waals surface area contributed by atoms with E-state index in [1.807, 2.05) is 0 Å². The van der Waals surface area contributed by atoms with Crippen LogP contribution in [-0.2, 0) is 0 Å². The van der Waals surface area contributed by atoms with Gasteiger partial charge in [-0.25, -0.2) is 18.7 Å². The maximum absolute atomic E-state index is 13.5. The van der Waals surface area contributed by atoms with Crippen LogP contribution in [-0.4, -0.2) is 9.97 Å². The zero-order valence-electron chi connectivity index (χ0n) is 9.76. The summed E-state index contributed by atoms with van der Waals surface area (Å²) in [4.78, 5) is 8.10. The van der Waals surface area contributed by atoms with Crippen LogP contribution in [0.25, 0.3) is 0 Å². The van der Waals surface area contributed by atoms with Crippen molar-refractivity contribution in [1.82, 2.24) is 9.97 Å². The number of hydrogen-bond acceptors (Lipinski definition) is 3. The summed E-state index contributed by atoms with van der Waals surface area (Å²) in [5.41, 5.74) is 0.736. The second kappa shape index (κ2) is 4.86. The van der Waals surface area contributed by atoms with E-state index in [2.05, 4.69) is 15.3 Å². The highest BCUT2D eigenvalue weighted by atomic mass is 35.5. The summed E-state index contributed by atoms with van der Waals surface area (Å²) >= 11 is 5.91. The third kappa shape index (κ3) is 2.56. The third-order valence-corrected chi connectivity index (χ3v) is 2.75. The molecular weight excluding hydrogens is 260 g/mol. The molecule has 0 radical (unpaired) electrons. The number of nitrogens with one attached hydrogen (secondary N) is 1. The Labute approximate surface area is 108 Å². The Morgan fingerprint density at radius 2 is 1.89 bits per heavy atom. The molecule has 0 saturated heterocycles. The first-order valence-corrected chi connectivity index (χ1v) is 5.58. The van der Waals surface area contributed by atoms with Crippen molar-refractivity contribution >= 4 is 23.1 Å². The smallest absolute Gasteiger partial charge is 0.149 e. The second-order valence-corrected chi connectivity index (χ2v) is 4.14. The third-order valence-electron chi connectivity index (χ3n) is 2.38. The monoisotopic (exact) mass is 269 g/mol. The molecular formula is C12H10ClF2N3. The zero-order valence-corrected chi connectivity index (χ0v) is 10.5. The molecule has 0 unspecified atom stereocenters. The van der Waals surface area contributed by atoms with Crippen LogP contribution < -0.4 is 5.32 Å².